The first-order valence-electron chi connectivity index (χ1n) is 7.49. The lowest BCUT2D eigenvalue weighted by molar-refractivity contribution is -0.139. The van der Waals surface area contributed by atoms with Crippen LogP contribution in [-0.4, -0.2) is 33.6 Å². The molecule has 0 amide bonds. The number of aliphatic carboxylic acids is 1. The van der Waals surface area contributed by atoms with Crippen molar-refractivity contribution in [2.75, 3.05) is 6.61 Å². The van der Waals surface area contributed by atoms with Crippen LogP contribution in [0.5, 0.6) is 5.75 Å². The fourth-order valence-corrected chi connectivity index (χ4v) is 3.29. The van der Waals surface area contributed by atoms with Crippen molar-refractivity contribution in [2.45, 2.75) is 0 Å². The zero-order valence-electron chi connectivity index (χ0n) is 13.5. The van der Waals surface area contributed by atoms with Crippen molar-refractivity contribution < 1.29 is 14.6 Å². The van der Waals surface area contributed by atoms with Crippen LogP contribution >= 0.6 is 27.5 Å². The highest BCUT2D eigenvalue weighted by Crippen LogP contribution is 2.31. The molecule has 0 radical (unpaired) electrons. The molecule has 8 nitrogen and oxygen atoms in total. The van der Waals surface area contributed by atoms with Crippen molar-refractivity contribution in [1.82, 2.24) is 9.66 Å². The van der Waals surface area contributed by atoms with Crippen LogP contribution in [0.4, 0.5) is 0 Å². The molecule has 1 aromatic heterocycles. The molecule has 1 heterocycles. The predicted octanol–water partition coefficient (Wildman–Crippen LogP) is 2.45. The lowest BCUT2D eigenvalue weighted by Crippen LogP contribution is -2.32. The molecule has 2 aromatic carbocycles. The number of aromatic nitrogens is 2. The van der Waals surface area contributed by atoms with Gasteiger partial charge in [0.15, 0.2) is 6.61 Å². The van der Waals surface area contributed by atoms with Crippen LogP contribution in [0.25, 0.3) is 10.9 Å². The predicted molar refractivity (Wildman–Crippen MR) is 104 cm³/mol. The first kappa shape index (κ1) is 18.9. The summed E-state index contributed by atoms with van der Waals surface area (Å²) in [6.07, 6.45) is 1.19. The number of ether oxygens (including phenoxy) is 1. The highest BCUT2D eigenvalue weighted by molar-refractivity contribution is 9.10. The second kappa shape index (κ2) is 7.77. The second-order valence-corrected chi connectivity index (χ2v) is 6.62. The van der Waals surface area contributed by atoms with Crippen molar-refractivity contribution in [3.63, 3.8) is 0 Å². The highest BCUT2D eigenvalue weighted by atomic mass is 79.9. The van der Waals surface area contributed by atoms with E-state index in [0.29, 0.717) is 25.1 Å². The van der Waals surface area contributed by atoms with Gasteiger partial charge in [-0.15, -0.1) is 4.68 Å². The van der Waals surface area contributed by atoms with Gasteiger partial charge >= 0.3 is 11.7 Å². The Morgan fingerprint density at radius 1 is 1.33 bits per heavy atom. The quantitative estimate of drug-likeness (QED) is 0.577. The van der Waals surface area contributed by atoms with Gasteiger partial charge < -0.3 is 14.8 Å². The van der Waals surface area contributed by atoms with Gasteiger partial charge in [0.2, 0.25) is 0 Å². The van der Waals surface area contributed by atoms with Gasteiger partial charge in [0.1, 0.15) is 5.75 Å². The van der Waals surface area contributed by atoms with Crippen molar-refractivity contribution in [1.29, 1.82) is 0 Å². The van der Waals surface area contributed by atoms with Crippen LogP contribution in [0.1, 0.15) is 5.56 Å². The number of carboxylic acid groups (broad SMARTS) is 1. The lowest BCUT2D eigenvalue weighted by atomic mass is 10.2. The number of hydrogen-bond acceptors (Lipinski definition) is 5. The molecule has 0 fully saturated rings. The van der Waals surface area contributed by atoms with E-state index in [4.69, 9.17) is 21.4 Å². The Hall–Kier alpha value is -2.91. The van der Waals surface area contributed by atoms with Crippen molar-refractivity contribution in [3.05, 3.63) is 72.3 Å². The van der Waals surface area contributed by atoms with E-state index >= 15 is 0 Å². The zero-order valence-corrected chi connectivity index (χ0v) is 15.8. The molecule has 10 heteroatoms. The fraction of sp³-hybridized carbons (Fsp3) is 0.0588. The smallest absolute Gasteiger partial charge is 0.349 e. The minimum absolute atomic E-state index is 0.163. The molecule has 0 saturated heterocycles. The van der Waals surface area contributed by atoms with Gasteiger partial charge in [-0.25, -0.2) is 9.59 Å². The minimum Gasteiger partial charge on any atom is -0.480 e. The number of para-hydroxylation sites is 1. The number of carboxylic acids is 1. The van der Waals surface area contributed by atoms with Gasteiger partial charge in [0, 0.05) is 10.6 Å². The molecule has 0 aliphatic rings. The summed E-state index contributed by atoms with van der Waals surface area (Å²) in [6.45, 7) is -0.586. The summed E-state index contributed by atoms with van der Waals surface area (Å²) in [6, 6.07) is 9.52. The largest absolute Gasteiger partial charge is 0.480 e. The molecule has 0 saturated carbocycles. The molecule has 0 bridgehead atoms. The van der Waals surface area contributed by atoms with Crippen molar-refractivity contribution >= 4 is 50.6 Å². The number of benzene rings is 2. The van der Waals surface area contributed by atoms with Crippen LogP contribution in [0.3, 0.4) is 0 Å². The first-order chi connectivity index (χ1) is 12.9. The van der Waals surface area contributed by atoms with E-state index in [9.17, 15) is 14.4 Å². The normalized spacial score (nSPS) is 11.2. The van der Waals surface area contributed by atoms with E-state index in [0.717, 1.165) is 0 Å². The summed E-state index contributed by atoms with van der Waals surface area (Å²) in [4.78, 5) is 38.0. The Morgan fingerprint density at radius 2 is 2.07 bits per heavy atom. The molecule has 0 atom stereocenters. The molecular formula is C17H11BrClN3O5. The Bertz CT molecular complexity index is 1190. The third-order valence-corrected chi connectivity index (χ3v) is 4.28. The van der Waals surface area contributed by atoms with E-state index in [1.165, 1.54) is 18.3 Å². The maximum Gasteiger partial charge on any atom is 0.349 e. The van der Waals surface area contributed by atoms with Gasteiger partial charge in [0.05, 0.1) is 21.6 Å². The molecule has 0 aliphatic carbocycles. The monoisotopic (exact) mass is 451 g/mol. The summed E-state index contributed by atoms with van der Waals surface area (Å²) in [5, 5.41) is 13.3. The fourth-order valence-electron chi connectivity index (χ4n) is 2.34. The molecular weight excluding hydrogens is 442 g/mol. The van der Waals surface area contributed by atoms with Crippen molar-refractivity contribution in [3.8, 4) is 5.75 Å². The third-order valence-electron chi connectivity index (χ3n) is 3.47. The van der Waals surface area contributed by atoms with Crippen LogP contribution in [0, 0.1) is 0 Å². The lowest BCUT2D eigenvalue weighted by Gasteiger charge is -2.10. The average Bonchev–Trinajstić information content (AvgIpc) is 2.60. The maximum atomic E-state index is 12.5. The molecule has 3 rings (SSSR count). The number of rotatable bonds is 5. The highest BCUT2D eigenvalue weighted by Gasteiger charge is 2.12. The zero-order chi connectivity index (χ0) is 19.6. The summed E-state index contributed by atoms with van der Waals surface area (Å²) in [5.74, 6) is -1.00. The molecule has 0 spiro atoms. The number of nitrogens with zero attached hydrogens (tertiary/aromatic N) is 2. The Labute approximate surface area is 164 Å². The summed E-state index contributed by atoms with van der Waals surface area (Å²) >= 11 is 9.24. The third kappa shape index (κ3) is 4.09. The van der Waals surface area contributed by atoms with E-state index in [1.807, 2.05) is 0 Å². The number of nitrogens with one attached hydrogen (secondary N) is 1. The summed E-state index contributed by atoms with van der Waals surface area (Å²) in [5.41, 5.74) is -0.631. The molecule has 0 aliphatic heterocycles. The Kier molecular flexibility index (Phi) is 5.43. The number of fused-ring (bicyclic) bond motifs is 1. The van der Waals surface area contributed by atoms with Gasteiger partial charge in [-0.1, -0.05) is 23.7 Å². The first-order valence-corrected chi connectivity index (χ1v) is 8.66. The molecule has 3 aromatic rings. The average molecular weight is 453 g/mol. The Morgan fingerprint density at radius 3 is 2.81 bits per heavy atom. The van der Waals surface area contributed by atoms with E-state index in [-0.39, 0.29) is 11.3 Å². The van der Waals surface area contributed by atoms with E-state index in [2.05, 4.69) is 26.0 Å². The van der Waals surface area contributed by atoms with Crippen LogP contribution in [0.15, 0.2) is 55.6 Å². The number of H-pyrrole nitrogens is 1. The van der Waals surface area contributed by atoms with Gasteiger partial charge in [-0.05, 0) is 40.2 Å². The van der Waals surface area contributed by atoms with Crippen LogP contribution < -0.4 is 16.0 Å². The molecule has 2 N–H and O–H groups in total. The molecule has 0 unspecified atom stereocenters. The standard InChI is InChI=1S/C17H11BrClN3O5/c18-12-6-10(19)5-9(15(12)27-8-14(23)24)7-20-22-16(25)11-3-1-2-4-13(11)21-17(22)26/h1-7H,8H2,(H,21,26)(H,23,24). The van der Waals surface area contributed by atoms with Crippen molar-refractivity contribution in [2.24, 2.45) is 5.10 Å². The molecule has 27 heavy (non-hydrogen) atoms. The number of aromatic amines is 1. The number of hydrogen-bond donors (Lipinski definition) is 2. The molecule has 138 valence electrons. The van der Waals surface area contributed by atoms with Gasteiger partial charge in [-0.3, -0.25) is 4.79 Å². The topological polar surface area (TPSA) is 114 Å². The van der Waals surface area contributed by atoms with Crippen LogP contribution in [0.2, 0.25) is 5.02 Å². The van der Waals surface area contributed by atoms with E-state index in [1.54, 1.807) is 24.3 Å². The Balaban J connectivity index is 2.09. The maximum absolute atomic E-state index is 12.5. The second-order valence-electron chi connectivity index (χ2n) is 5.33. The minimum atomic E-state index is -1.16. The van der Waals surface area contributed by atoms with Crippen LogP contribution in [-0.2, 0) is 4.79 Å². The number of carbonyl (C=O) groups is 1. The number of halogens is 2. The van der Waals surface area contributed by atoms with Gasteiger partial charge in [-0.2, -0.15) is 5.10 Å². The SMILES string of the molecule is O=C(O)COc1c(Br)cc(Cl)cc1C=Nn1c(=O)[nH]c2ccccc2c1=O. The van der Waals surface area contributed by atoms with Gasteiger partial charge in [0.25, 0.3) is 5.56 Å². The summed E-state index contributed by atoms with van der Waals surface area (Å²) in [7, 11) is 0. The summed E-state index contributed by atoms with van der Waals surface area (Å²) < 4.78 is 6.30. The van der Waals surface area contributed by atoms with E-state index < -0.39 is 23.8 Å².